The number of nitro benzene ring substituents is 1. The molecule has 0 spiro atoms. The van der Waals surface area contributed by atoms with Gasteiger partial charge in [-0.3, -0.25) is 10.1 Å². The fraction of sp³-hybridized carbons (Fsp3) is 0.143. The molecule has 0 radical (unpaired) electrons. The Morgan fingerprint density at radius 3 is 2.80 bits per heavy atom. The van der Waals surface area contributed by atoms with Crippen LogP contribution in [0.4, 0.5) is 11.4 Å². The van der Waals surface area contributed by atoms with Gasteiger partial charge >= 0.3 is 0 Å². The molecule has 0 aliphatic rings. The van der Waals surface area contributed by atoms with Gasteiger partial charge in [-0.15, -0.1) is 0 Å². The number of nitro groups is 1. The van der Waals surface area contributed by atoms with Gasteiger partial charge in [-0.1, -0.05) is 12.1 Å². The fourth-order valence-electron chi connectivity index (χ4n) is 1.79. The number of benzene rings is 2. The van der Waals surface area contributed by atoms with Gasteiger partial charge < -0.3 is 10.1 Å². The minimum absolute atomic E-state index is 0.0831. The summed E-state index contributed by atoms with van der Waals surface area (Å²) in [4.78, 5) is 10.6. The molecule has 6 heteroatoms. The largest absolute Gasteiger partial charge is 0.497 e. The van der Waals surface area contributed by atoms with Crippen molar-refractivity contribution >= 4 is 34.0 Å². The van der Waals surface area contributed by atoms with E-state index in [1.54, 1.807) is 19.2 Å². The monoisotopic (exact) mass is 384 g/mol. The Balaban J connectivity index is 2.16. The van der Waals surface area contributed by atoms with E-state index in [1.807, 2.05) is 30.3 Å². The summed E-state index contributed by atoms with van der Waals surface area (Å²) in [5, 5.41) is 14.1. The van der Waals surface area contributed by atoms with Crippen LogP contribution >= 0.6 is 22.6 Å². The van der Waals surface area contributed by atoms with E-state index >= 15 is 0 Å². The second-order valence-electron chi connectivity index (χ2n) is 4.12. The van der Waals surface area contributed by atoms with E-state index in [9.17, 15) is 10.1 Å². The number of methoxy groups -OCH3 is 1. The molecule has 0 fully saturated rings. The molecule has 0 aliphatic heterocycles. The predicted octanol–water partition coefficient (Wildman–Crippen LogP) is 3.82. The van der Waals surface area contributed by atoms with Crippen molar-refractivity contribution in [3.05, 3.63) is 61.7 Å². The SMILES string of the molecule is COc1cccc(CNc2ccc(I)cc2[N+](=O)[O-])c1. The van der Waals surface area contributed by atoms with Crippen LogP contribution in [0, 0.1) is 13.7 Å². The number of nitrogens with zero attached hydrogens (tertiary/aromatic N) is 1. The molecule has 0 aromatic heterocycles. The Morgan fingerprint density at radius 2 is 2.10 bits per heavy atom. The molecule has 2 aromatic rings. The van der Waals surface area contributed by atoms with Crippen molar-refractivity contribution in [1.29, 1.82) is 0 Å². The van der Waals surface area contributed by atoms with Crippen LogP contribution < -0.4 is 10.1 Å². The van der Waals surface area contributed by atoms with Gasteiger partial charge in [0.2, 0.25) is 0 Å². The first-order valence-electron chi connectivity index (χ1n) is 5.91. The maximum atomic E-state index is 11.0. The maximum absolute atomic E-state index is 11.0. The van der Waals surface area contributed by atoms with E-state index in [4.69, 9.17) is 4.74 Å². The standard InChI is InChI=1S/C14H13IN2O3/c1-20-12-4-2-3-10(7-12)9-16-13-6-5-11(15)8-14(13)17(18)19/h2-8,16H,9H2,1H3. The molecule has 0 saturated carbocycles. The lowest BCUT2D eigenvalue weighted by atomic mass is 10.2. The van der Waals surface area contributed by atoms with Gasteiger partial charge in [0.25, 0.3) is 5.69 Å². The van der Waals surface area contributed by atoms with Crippen molar-refractivity contribution in [1.82, 2.24) is 0 Å². The van der Waals surface area contributed by atoms with Crippen LogP contribution in [-0.2, 0) is 6.54 Å². The molecule has 0 saturated heterocycles. The fourth-order valence-corrected chi connectivity index (χ4v) is 2.26. The topological polar surface area (TPSA) is 64.4 Å². The van der Waals surface area contributed by atoms with E-state index in [-0.39, 0.29) is 10.6 Å². The van der Waals surface area contributed by atoms with E-state index in [0.717, 1.165) is 14.9 Å². The third kappa shape index (κ3) is 3.60. The average Bonchev–Trinajstić information content (AvgIpc) is 2.46. The Labute approximate surface area is 130 Å². The van der Waals surface area contributed by atoms with E-state index in [0.29, 0.717) is 12.2 Å². The number of rotatable bonds is 5. The van der Waals surface area contributed by atoms with Crippen LogP contribution in [0.2, 0.25) is 0 Å². The predicted molar refractivity (Wildman–Crippen MR) is 86.1 cm³/mol. The summed E-state index contributed by atoms with van der Waals surface area (Å²) in [5.74, 6) is 0.765. The van der Waals surface area contributed by atoms with Gasteiger partial charge in [0.05, 0.1) is 12.0 Å². The summed E-state index contributed by atoms with van der Waals surface area (Å²) in [6, 6.07) is 12.7. The first kappa shape index (κ1) is 14.6. The number of ether oxygens (including phenoxy) is 1. The van der Waals surface area contributed by atoms with Crippen molar-refractivity contribution in [3.8, 4) is 5.75 Å². The Hall–Kier alpha value is -1.83. The van der Waals surface area contributed by atoms with Crippen molar-refractivity contribution in [3.63, 3.8) is 0 Å². The summed E-state index contributed by atoms with van der Waals surface area (Å²) in [5.41, 5.74) is 1.59. The van der Waals surface area contributed by atoms with E-state index in [2.05, 4.69) is 27.9 Å². The molecule has 2 rings (SSSR count). The lowest BCUT2D eigenvalue weighted by molar-refractivity contribution is -0.384. The molecule has 5 nitrogen and oxygen atoms in total. The molecule has 20 heavy (non-hydrogen) atoms. The molecule has 0 amide bonds. The third-order valence-electron chi connectivity index (χ3n) is 2.77. The number of hydrogen-bond acceptors (Lipinski definition) is 4. The maximum Gasteiger partial charge on any atom is 0.293 e. The highest BCUT2D eigenvalue weighted by Gasteiger charge is 2.13. The molecule has 0 unspecified atom stereocenters. The lowest BCUT2D eigenvalue weighted by Crippen LogP contribution is -2.03. The van der Waals surface area contributed by atoms with Gasteiger partial charge in [0.1, 0.15) is 11.4 Å². The third-order valence-corrected chi connectivity index (χ3v) is 3.44. The van der Waals surface area contributed by atoms with Gasteiger partial charge in [-0.05, 0) is 52.4 Å². The zero-order chi connectivity index (χ0) is 14.5. The number of halogens is 1. The first-order valence-corrected chi connectivity index (χ1v) is 6.99. The summed E-state index contributed by atoms with van der Waals surface area (Å²) in [7, 11) is 1.61. The molecule has 1 N–H and O–H groups in total. The van der Waals surface area contributed by atoms with Crippen LogP contribution in [-0.4, -0.2) is 12.0 Å². The van der Waals surface area contributed by atoms with Crippen LogP contribution in [0.15, 0.2) is 42.5 Å². The van der Waals surface area contributed by atoms with E-state index in [1.165, 1.54) is 0 Å². The van der Waals surface area contributed by atoms with Crippen LogP contribution in [0.3, 0.4) is 0 Å². The van der Waals surface area contributed by atoms with Gasteiger partial charge in [0, 0.05) is 16.2 Å². The van der Waals surface area contributed by atoms with Gasteiger partial charge in [-0.2, -0.15) is 0 Å². The summed E-state index contributed by atoms with van der Waals surface area (Å²) in [6.45, 7) is 0.499. The highest BCUT2D eigenvalue weighted by molar-refractivity contribution is 14.1. The van der Waals surface area contributed by atoms with Crippen molar-refractivity contribution in [2.45, 2.75) is 6.54 Å². The first-order chi connectivity index (χ1) is 9.60. The minimum atomic E-state index is -0.379. The molecule has 0 heterocycles. The smallest absolute Gasteiger partial charge is 0.293 e. The molecule has 2 aromatic carbocycles. The number of anilines is 1. The zero-order valence-electron chi connectivity index (χ0n) is 10.8. The minimum Gasteiger partial charge on any atom is -0.497 e. The average molecular weight is 384 g/mol. The van der Waals surface area contributed by atoms with Crippen molar-refractivity contribution < 1.29 is 9.66 Å². The Bertz CT molecular complexity index is 632. The molecule has 104 valence electrons. The second-order valence-corrected chi connectivity index (χ2v) is 5.37. The molecular weight excluding hydrogens is 371 g/mol. The van der Waals surface area contributed by atoms with Crippen LogP contribution in [0.5, 0.6) is 5.75 Å². The van der Waals surface area contributed by atoms with Crippen molar-refractivity contribution in [2.24, 2.45) is 0 Å². The highest BCUT2D eigenvalue weighted by atomic mass is 127. The molecular formula is C14H13IN2O3. The number of nitrogens with one attached hydrogen (secondary N) is 1. The van der Waals surface area contributed by atoms with E-state index < -0.39 is 0 Å². The van der Waals surface area contributed by atoms with Crippen molar-refractivity contribution in [2.75, 3.05) is 12.4 Å². The number of hydrogen-bond donors (Lipinski definition) is 1. The lowest BCUT2D eigenvalue weighted by Gasteiger charge is -2.08. The van der Waals surface area contributed by atoms with Gasteiger partial charge in [-0.25, -0.2) is 0 Å². The summed E-state index contributed by atoms with van der Waals surface area (Å²) < 4.78 is 5.98. The zero-order valence-corrected chi connectivity index (χ0v) is 13.0. The van der Waals surface area contributed by atoms with Crippen LogP contribution in [0.25, 0.3) is 0 Å². The Morgan fingerprint density at radius 1 is 1.30 bits per heavy atom. The highest BCUT2D eigenvalue weighted by Crippen LogP contribution is 2.27. The normalized spacial score (nSPS) is 10.1. The van der Waals surface area contributed by atoms with Crippen LogP contribution in [0.1, 0.15) is 5.56 Å². The summed E-state index contributed by atoms with van der Waals surface area (Å²) >= 11 is 2.06. The summed E-state index contributed by atoms with van der Waals surface area (Å²) in [6.07, 6.45) is 0. The Kier molecular flexibility index (Phi) is 4.78. The quantitative estimate of drug-likeness (QED) is 0.484. The molecule has 0 bridgehead atoms. The molecule has 0 atom stereocenters. The molecule has 0 aliphatic carbocycles. The second kappa shape index (κ2) is 6.56. The van der Waals surface area contributed by atoms with Gasteiger partial charge in [0.15, 0.2) is 0 Å².